The first-order chi connectivity index (χ1) is 17.9. The summed E-state index contributed by atoms with van der Waals surface area (Å²) < 4.78 is 11.4. The average molecular weight is 501 g/mol. The number of aliphatic carboxylic acids is 1. The van der Waals surface area contributed by atoms with Crippen LogP contribution in [-0.2, 0) is 25.8 Å². The topological polar surface area (TPSA) is 102 Å². The number of rotatable bonds is 7. The lowest BCUT2D eigenvalue weighted by molar-refractivity contribution is -0.140. The van der Waals surface area contributed by atoms with Gasteiger partial charge in [-0.1, -0.05) is 59.8 Å². The van der Waals surface area contributed by atoms with Gasteiger partial charge in [0.2, 0.25) is 0 Å². The molecule has 4 saturated carbocycles. The van der Waals surface area contributed by atoms with Gasteiger partial charge in [-0.05, 0) is 80.4 Å². The minimum atomic E-state index is -0.714. The van der Waals surface area contributed by atoms with E-state index in [-0.39, 0.29) is 16.9 Å². The second-order valence-corrected chi connectivity index (χ2v) is 11.2. The Morgan fingerprint density at radius 3 is 2.08 bits per heavy atom. The zero-order valence-electron chi connectivity index (χ0n) is 21.0. The molecule has 7 heteroatoms. The molecule has 4 aliphatic rings. The highest BCUT2D eigenvalue weighted by atomic mass is 16.6. The van der Waals surface area contributed by atoms with Gasteiger partial charge in [0.15, 0.2) is 5.76 Å². The zero-order chi connectivity index (χ0) is 25.7. The third-order valence-corrected chi connectivity index (χ3v) is 9.30. The molecule has 7 rings (SSSR count). The second-order valence-electron chi connectivity index (χ2n) is 11.2. The first-order valence-corrected chi connectivity index (χ1v) is 13.2. The van der Waals surface area contributed by atoms with E-state index in [2.05, 4.69) is 22.6 Å². The number of ether oxygens (including phenoxy) is 1. The second kappa shape index (κ2) is 8.75. The SMILES string of the molecule is CC(OC(=O)Nc1cnoc1C12CCC(c3ccc(C4(C(=O)O)CC4)cc3)(CC1)CC2)c1ccccc1. The summed E-state index contributed by atoms with van der Waals surface area (Å²) in [6, 6.07) is 18.0. The number of anilines is 1. The van der Waals surface area contributed by atoms with E-state index in [1.807, 2.05) is 49.4 Å². The molecular weight excluding hydrogens is 468 g/mol. The summed E-state index contributed by atoms with van der Waals surface area (Å²) in [5.74, 6) is 0.0333. The van der Waals surface area contributed by atoms with E-state index < -0.39 is 17.5 Å². The van der Waals surface area contributed by atoms with Crippen LogP contribution in [0.5, 0.6) is 0 Å². The molecule has 2 bridgehead atoms. The lowest BCUT2D eigenvalue weighted by Gasteiger charge is -2.53. The monoisotopic (exact) mass is 500 g/mol. The predicted molar refractivity (Wildman–Crippen MR) is 138 cm³/mol. The van der Waals surface area contributed by atoms with Crippen LogP contribution in [-0.4, -0.2) is 22.3 Å². The third-order valence-electron chi connectivity index (χ3n) is 9.30. The van der Waals surface area contributed by atoms with Crippen molar-refractivity contribution in [2.45, 2.75) is 80.6 Å². The number of benzene rings is 2. The molecule has 2 aromatic carbocycles. The van der Waals surface area contributed by atoms with Crippen molar-refractivity contribution in [3.8, 4) is 0 Å². The van der Waals surface area contributed by atoms with Crippen molar-refractivity contribution in [3.63, 3.8) is 0 Å². The van der Waals surface area contributed by atoms with Crippen molar-refractivity contribution >= 4 is 17.7 Å². The van der Waals surface area contributed by atoms with Crippen LogP contribution in [0.2, 0.25) is 0 Å². The maximum atomic E-state index is 12.7. The van der Waals surface area contributed by atoms with E-state index in [0.717, 1.165) is 68.3 Å². The molecule has 1 atom stereocenters. The number of carbonyl (C=O) groups excluding carboxylic acids is 1. The molecule has 0 radical (unpaired) electrons. The number of nitrogens with zero attached hydrogens (tertiary/aromatic N) is 1. The number of hydrogen-bond acceptors (Lipinski definition) is 5. The molecule has 0 spiro atoms. The molecule has 1 amide bonds. The van der Waals surface area contributed by atoms with Crippen molar-refractivity contribution in [2.75, 3.05) is 5.32 Å². The number of hydrogen-bond donors (Lipinski definition) is 2. The van der Waals surface area contributed by atoms with E-state index in [1.54, 1.807) is 6.20 Å². The quantitative estimate of drug-likeness (QED) is 0.377. The summed E-state index contributed by atoms with van der Waals surface area (Å²) in [5, 5.41) is 16.5. The Balaban J connectivity index is 1.13. The Kier molecular flexibility index (Phi) is 5.62. The van der Waals surface area contributed by atoms with Gasteiger partial charge in [0.05, 0.1) is 11.6 Å². The number of carboxylic acid groups (broad SMARTS) is 1. The normalized spacial score (nSPS) is 26.3. The summed E-state index contributed by atoms with van der Waals surface area (Å²) in [4.78, 5) is 24.4. The smallest absolute Gasteiger partial charge is 0.412 e. The molecule has 37 heavy (non-hydrogen) atoms. The fourth-order valence-corrected chi connectivity index (χ4v) is 6.66. The predicted octanol–water partition coefficient (Wildman–Crippen LogP) is 6.64. The highest BCUT2D eigenvalue weighted by Crippen LogP contribution is 2.60. The number of carbonyl (C=O) groups is 2. The lowest BCUT2D eigenvalue weighted by atomic mass is 9.51. The first-order valence-electron chi connectivity index (χ1n) is 13.2. The number of nitrogens with one attached hydrogen (secondary N) is 1. The minimum absolute atomic E-state index is 0.109. The van der Waals surface area contributed by atoms with Gasteiger partial charge in [-0.2, -0.15) is 0 Å². The molecular formula is C30H32N2O5. The van der Waals surface area contributed by atoms with Gasteiger partial charge in [0, 0.05) is 5.41 Å². The summed E-state index contributed by atoms with van der Waals surface area (Å²) in [5.41, 5.74) is 3.05. The Bertz CT molecular complexity index is 1280. The maximum Gasteiger partial charge on any atom is 0.412 e. The van der Waals surface area contributed by atoms with E-state index in [1.165, 1.54) is 5.56 Å². The van der Waals surface area contributed by atoms with Crippen LogP contribution >= 0.6 is 0 Å². The summed E-state index contributed by atoms with van der Waals surface area (Å²) in [7, 11) is 0. The molecule has 192 valence electrons. The van der Waals surface area contributed by atoms with Crippen LogP contribution in [0.25, 0.3) is 0 Å². The molecule has 3 aromatic rings. The highest BCUT2D eigenvalue weighted by molar-refractivity contribution is 5.85. The Hall–Kier alpha value is -3.61. The van der Waals surface area contributed by atoms with Crippen LogP contribution in [0.4, 0.5) is 10.5 Å². The highest BCUT2D eigenvalue weighted by Gasteiger charge is 2.54. The van der Waals surface area contributed by atoms with E-state index in [4.69, 9.17) is 9.26 Å². The average Bonchev–Trinajstić information content (AvgIpc) is 3.63. The van der Waals surface area contributed by atoms with Gasteiger partial charge in [-0.25, -0.2) is 4.79 Å². The van der Waals surface area contributed by atoms with Gasteiger partial charge >= 0.3 is 12.1 Å². The molecule has 1 unspecified atom stereocenters. The van der Waals surface area contributed by atoms with Crippen molar-refractivity contribution in [3.05, 3.63) is 83.2 Å². The number of fused-ring (bicyclic) bond motifs is 3. The largest absolute Gasteiger partial charge is 0.481 e. The molecule has 1 aromatic heterocycles. The summed E-state index contributed by atoms with van der Waals surface area (Å²) in [6.07, 6.45) is 8.04. The molecule has 4 aliphatic carbocycles. The number of carboxylic acids is 1. The van der Waals surface area contributed by atoms with E-state index in [9.17, 15) is 14.7 Å². The number of aromatic nitrogens is 1. The molecule has 7 nitrogen and oxygen atoms in total. The van der Waals surface area contributed by atoms with Gasteiger partial charge in [-0.15, -0.1) is 0 Å². The van der Waals surface area contributed by atoms with Gasteiger partial charge in [0.25, 0.3) is 0 Å². The van der Waals surface area contributed by atoms with Crippen LogP contribution in [0.1, 0.15) is 86.8 Å². The molecule has 0 aliphatic heterocycles. The van der Waals surface area contributed by atoms with Gasteiger partial charge in [-0.3, -0.25) is 10.1 Å². The van der Waals surface area contributed by atoms with Crippen LogP contribution in [0.15, 0.2) is 65.3 Å². The van der Waals surface area contributed by atoms with Crippen molar-refractivity contribution in [1.29, 1.82) is 0 Å². The van der Waals surface area contributed by atoms with Crippen LogP contribution < -0.4 is 5.32 Å². The summed E-state index contributed by atoms with van der Waals surface area (Å²) in [6.45, 7) is 1.85. The fraction of sp³-hybridized carbons (Fsp3) is 0.433. The Labute approximate surface area is 216 Å². The number of amides is 1. The first kappa shape index (κ1) is 23.8. The molecule has 2 N–H and O–H groups in total. The van der Waals surface area contributed by atoms with Crippen molar-refractivity contribution < 1.29 is 24.0 Å². The molecule has 1 heterocycles. The lowest BCUT2D eigenvalue weighted by Crippen LogP contribution is -2.46. The standard InChI is InChI=1S/C30H32N2O5/c1-20(21-5-3-2-4-6-21)36-27(35)32-24-19-31-37-25(24)29-14-11-28(12-15-29,13-16-29)22-7-9-23(10-8-22)30(17-18-30)26(33)34/h2-10,19-20H,11-18H2,1H3,(H,32,35)(H,33,34). The molecule has 0 saturated heterocycles. The van der Waals surface area contributed by atoms with Crippen LogP contribution in [0.3, 0.4) is 0 Å². The zero-order valence-corrected chi connectivity index (χ0v) is 21.0. The molecule has 4 fully saturated rings. The fourth-order valence-electron chi connectivity index (χ4n) is 6.66. The van der Waals surface area contributed by atoms with Crippen LogP contribution in [0, 0.1) is 0 Å². The van der Waals surface area contributed by atoms with Crippen molar-refractivity contribution in [1.82, 2.24) is 5.16 Å². The maximum absolute atomic E-state index is 12.7. The third kappa shape index (κ3) is 4.01. The summed E-state index contributed by atoms with van der Waals surface area (Å²) >= 11 is 0. The van der Waals surface area contributed by atoms with Gasteiger partial charge in [0.1, 0.15) is 11.8 Å². The minimum Gasteiger partial charge on any atom is -0.481 e. The Morgan fingerprint density at radius 2 is 1.49 bits per heavy atom. The van der Waals surface area contributed by atoms with E-state index >= 15 is 0 Å². The van der Waals surface area contributed by atoms with Crippen molar-refractivity contribution in [2.24, 2.45) is 0 Å². The Morgan fingerprint density at radius 1 is 0.892 bits per heavy atom. The van der Waals surface area contributed by atoms with Gasteiger partial charge < -0.3 is 14.4 Å². The van der Waals surface area contributed by atoms with E-state index in [0.29, 0.717) is 5.69 Å².